The number of anilines is 1. The first-order valence-corrected chi connectivity index (χ1v) is 12.6. The van der Waals surface area contributed by atoms with Gasteiger partial charge < -0.3 is 14.8 Å². The van der Waals surface area contributed by atoms with E-state index in [4.69, 9.17) is 9.47 Å². The second kappa shape index (κ2) is 10.3. The molecule has 172 valence electrons. The van der Waals surface area contributed by atoms with Crippen molar-refractivity contribution in [3.63, 3.8) is 0 Å². The fourth-order valence-electron chi connectivity index (χ4n) is 3.41. The number of nitrogens with one attached hydrogen (secondary N) is 1. The molecule has 0 unspecified atom stereocenters. The van der Waals surface area contributed by atoms with Crippen LogP contribution in [0.1, 0.15) is 4.88 Å². The molecular weight excluding hydrogens is 460 g/mol. The molecule has 1 fully saturated rings. The number of carbonyl (C=O) groups excluding carboxylic acids is 1. The van der Waals surface area contributed by atoms with Crippen LogP contribution in [-0.2, 0) is 19.6 Å². The zero-order chi connectivity index (χ0) is 23.3. The van der Waals surface area contributed by atoms with E-state index in [0.717, 1.165) is 15.3 Å². The molecule has 0 radical (unpaired) electrons. The fraction of sp³-hybridized carbons (Fsp3) is 0.208. The van der Waals surface area contributed by atoms with E-state index < -0.39 is 10.0 Å². The number of amides is 1. The standard InChI is InChI=1S/C24H24N2O5S2/c1-30-22-10-9-20(33(28,29)26-13-15-31-16-14-26)17-21(22)25-24(27)12-8-19-7-11-23(32-19)18-5-3-2-4-6-18/h2-12,17H,13-16H2,1H3,(H,25,27)/b12-8-. The highest BCUT2D eigenvalue weighted by molar-refractivity contribution is 7.89. The van der Waals surface area contributed by atoms with Gasteiger partial charge in [-0.2, -0.15) is 4.31 Å². The molecule has 0 atom stereocenters. The van der Waals surface area contributed by atoms with Gasteiger partial charge in [-0.15, -0.1) is 11.3 Å². The van der Waals surface area contributed by atoms with Crippen LogP contribution in [0, 0.1) is 0 Å². The van der Waals surface area contributed by atoms with Crippen molar-refractivity contribution < 1.29 is 22.7 Å². The SMILES string of the molecule is COc1ccc(S(=O)(=O)N2CCOCC2)cc1NC(=O)/C=C\c1ccc(-c2ccccc2)s1. The van der Waals surface area contributed by atoms with Crippen molar-refractivity contribution in [3.05, 3.63) is 71.6 Å². The van der Waals surface area contributed by atoms with Gasteiger partial charge in [0.05, 0.1) is 30.9 Å². The predicted molar refractivity (Wildman–Crippen MR) is 130 cm³/mol. The lowest BCUT2D eigenvalue weighted by atomic mass is 10.2. The molecule has 9 heteroatoms. The Morgan fingerprint density at radius 1 is 1.09 bits per heavy atom. The Morgan fingerprint density at radius 2 is 1.85 bits per heavy atom. The van der Waals surface area contributed by atoms with E-state index in [0.29, 0.717) is 32.1 Å². The average molecular weight is 485 g/mol. The summed E-state index contributed by atoms with van der Waals surface area (Å²) < 4.78 is 37.9. The van der Waals surface area contributed by atoms with Gasteiger partial charge >= 0.3 is 0 Å². The molecule has 1 saturated heterocycles. The number of ether oxygens (including phenoxy) is 2. The number of nitrogens with zero attached hydrogens (tertiary/aromatic N) is 1. The first-order valence-electron chi connectivity index (χ1n) is 10.4. The number of sulfonamides is 1. The molecule has 1 amide bonds. The monoisotopic (exact) mass is 484 g/mol. The molecule has 2 aromatic carbocycles. The fourth-order valence-corrected chi connectivity index (χ4v) is 5.76. The molecule has 3 aromatic rings. The molecule has 1 aromatic heterocycles. The van der Waals surface area contributed by atoms with Gasteiger partial charge in [0.15, 0.2) is 0 Å². The second-order valence-corrected chi connectivity index (χ2v) is 10.3. The van der Waals surface area contributed by atoms with E-state index in [1.54, 1.807) is 17.4 Å². The molecule has 0 aliphatic carbocycles. The Balaban J connectivity index is 1.49. The zero-order valence-corrected chi connectivity index (χ0v) is 19.7. The molecule has 2 heterocycles. The molecular formula is C24H24N2O5S2. The number of carbonyl (C=O) groups is 1. The molecule has 1 aliphatic heterocycles. The van der Waals surface area contributed by atoms with Crippen molar-refractivity contribution in [2.45, 2.75) is 4.90 Å². The number of methoxy groups -OCH3 is 1. The van der Waals surface area contributed by atoms with Crippen molar-refractivity contribution in [3.8, 4) is 16.2 Å². The molecule has 0 saturated carbocycles. The minimum atomic E-state index is -3.69. The maximum Gasteiger partial charge on any atom is 0.248 e. The maximum absolute atomic E-state index is 13.0. The third kappa shape index (κ3) is 5.51. The first-order chi connectivity index (χ1) is 16.0. The highest BCUT2D eigenvalue weighted by Gasteiger charge is 2.27. The van der Waals surface area contributed by atoms with Crippen LogP contribution in [0.25, 0.3) is 16.5 Å². The maximum atomic E-state index is 13.0. The molecule has 1 aliphatic rings. The lowest BCUT2D eigenvalue weighted by molar-refractivity contribution is -0.111. The predicted octanol–water partition coefficient (Wildman–Crippen LogP) is 4.10. The molecule has 0 bridgehead atoms. The van der Waals surface area contributed by atoms with Crippen molar-refractivity contribution >= 4 is 39.0 Å². The number of morpholine rings is 1. The second-order valence-electron chi connectivity index (χ2n) is 7.27. The molecule has 33 heavy (non-hydrogen) atoms. The lowest BCUT2D eigenvalue weighted by Crippen LogP contribution is -2.40. The van der Waals surface area contributed by atoms with Crippen molar-refractivity contribution in [2.24, 2.45) is 0 Å². The van der Waals surface area contributed by atoms with Gasteiger partial charge in [0, 0.05) is 28.9 Å². The molecule has 4 rings (SSSR count). The molecule has 7 nitrogen and oxygen atoms in total. The van der Waals surface area contributed by atoms with Crippen LogP contribution in [0.2, 0.25) is 0 Å². The van der Waals surface area contributed by atoms with E-state index in [1.807, 2.05) is 42.5 Å². The quantitative estimate of drug-likeness (QED) is 0.511. The first kappa shape index (κ1) is 23.2. The third-order valence-electron chi connectivity index (χ3n) is 5.12. The Hall–Kier alpha value is -2.98. The highest BCUT2D eigenvalue weighted by atomic mass is 32.2. The summed E-state index contributed by atoms with van der Waals surface area (Å²) in [6, 6.07) is 18.4. The summed E-state index contributed by atoms with van der Waals surface area (Å²) in [7, 11) is -2.23. The van der Waals surface area contributed by atoms with Gasteiger partial charge in [-0.25, -0.2) is 8.42 Å². The number of hydrogen-bond donors (Lipinski definition) is 1. The van der Waals surface area contributed by atoms with Gasteiger partial charge in [0.1, 0.15) is 5.75 Å². The van der Waals surface area contributed by atoms with E-state index in [2.05, 4.69) is 5.32 Å². The Morgan fingerprint density at radius 3 is 2.58 bits per heavy atom. The third-order valence-corrected chi connectivity index (χ3v) is 8.11. The topological polar surface area (TPSA) is 84.9 Å². The molecule has 0 spiro atoms. The smallest absolute Gasteiger partial charge is 0.248 e. The lowest BCUT2D eigenvalue weighted by Gasteiger charge is -2.26. The van der Waals surface area contributed by atoms with Crippen molar-refractivity contribution in [1.29, 1.82) is 0 Å². The number of hydrogen-bond acceptors (Lipinski definition) is 6. The highest BCUT2D eigenvalue weighted by Crippen LogP contribution is 2.30. The summed E-state index contributed by atoms with van der Waals surface area (Å²) in [4.78, 5) is 14.7. The molecule has 1 N–H and O–H groups in total. The minimum Gasteiger partial charge on any atom is -0.495 e. The van der Waals surface area contributed by atoms with E-state index >= 15 is 0 Å². The van der Waals surface area contributed by atoms with E-state index in [1.165, 1.54) is 35.7 Å². The van der Waals surface area contributed by atoms with Crippen LogP contribution in [0.3, 0.4) is 0 Å². The van der Waals surface area contributed by atoms with Gasteiger partial charge in [-0.05, 0) is 42.0 Å². The van der Waals surface area contributed by atoms with Crippen LogP contribution >= 0.6 is 11.3 Å². The van der Waals surface area contributed by atoms with E-state index in [-0.39, 0.29) is 16.5 Å². The van der Waals surface area contributed by atoms with Gasteiger partial charge in [-0.1, -0.05) is 30.3 Å². The van der Waals surface area contributed by atoms with E-state index in [9.17, 15) is 13.2 Å². The normalized spacial score (nSPS) is 14.9. The van der Waals surface area contributed by atoms with Crippen LogP contribution in [-0.4, -0.2) is 52.0 Å². The summed E-state index contributed by atoms with van der Waals surface area (Å²) in [5.41, 5.74) is 1.41. The van der Waals surface area contributed by atoms with Gasteiger partial charge in [-0.3, -0.25) is 4.79 Å². The summed E-state index contributed by atoms with van der Waals surface area (Å²) in [6.07, 6.45) is 3.15. The summed E-state index contributed by atoms with van der Waals surface area (Å²) in [5.74, 6) is -0.0101. The van der Waals surface area contributed by atoms with Crippen molar-refractivity contribution in [2.75, 3.05) is 38.7 Å². The van der Waals surface area contributed by atoms with Crippen LogP contribution in [0.15, 0.2) is 71.6 Å². The number of rotatable bonds is 7. The number of thiophene rings is 1. The Kier molecular flexibility index (Phi) is 7.24. The summed E-state index contributed by atoms with van der Waals surface area (Å²) in [5, 5.41) is 2.73. The Labute approximate surface area is 197 Å². The summed E-state index contributed by atoms with van der Waals surface area (Å²) in [6.45, 7) is 1.31. The zero-order valence-electron chi connectivity index (χ0n) is 18.1. The average Bonchev–Trinajstić information content (AvgIpc) is 3.33. The van der Waals surface area contributed by atoms with Crippen LogP contribution < -0.4 is 10.1 Å². The largest absolute Gasteiger partial charge is 0.495 e. The van der Waals surface area contributed by atoms with Crippen LogP contribution in [0.5, 0.6) is 5.75 Å². The Bertz CT molecular complexity index is 1250. The van der Waals surface area contributed by atoms with Crippen molar-refractivity contribution in [1.82, 2.24) is 4.31 Å². The minimum absolute atomic E-state index is 0.0928. The van der Waals surface area contributed by atoms with Crippen LogP contribution in [0.4, 0.5) is 5.69 Å². The van der Waals surface area contributed by atoms with Gasteiger partial charge in [0.25, 0.3) is 0 Å². The summed E-state index contributed by atoms with van der Waals surface area (Å²) >= 11 is 1.58. The van der Waals surface area contributed by atoms with Gasteiger partial charge in [0.2, 0.25) is 15.9 Å². The number of benzene rings is 2.